The Morgan fingerprint density at radius 2 is 2.24 bits per heavy atom. The number of nitrogens with one attached hydrogen (secondary N) is 1. The smallest absolute Gasteiger partial charge is 0.165 e. The largest absolute Gasteiger partial charge is 0.309 e. The topological polar surface area (TPSA) is 42.7 Å². The van der Waals surface area contributed by atoms with Gasteiger partial charge >= 0.3 is 0 Å². The highest BCUT2D eigenvalue weighted by molar-refractivity contribution is 9.10. The molecule has 2 aromatic rings. The number of rotatable bonds is 1. The van der Waals surface area contributed by atoms with Gasteiger partial charge in [-0.15, -0.1) is 10.2 Å². The minimum atomic E-state index is 0.802. The third kappa shape index (κ3) is 1.89. The van der Waals surface area contributed by atoms with Crippen LogP contribution in [0, 0.1) is 6.92 Å². The maximum absolute atomic E-state index is 4.30. The predicted octanol–water partition coefficient (Wildman–Crippen LogP) is 2.12. The quantitative estimate of drug-likeness (QED) is 0.876. The fraction of sp³-hybridized carbons (Fsp3) is 0.333. The van der Waals surface area contributed by atoms with E-state index < -0.39 is 0 Å². The van der Waals surface area contributed by atoms with Crippen molar-refractivity contribution in [1.82, 2.24) is 20.1 Å². The van der Waals surface area contributed by atoms with Crippen LogP contribution in [-0.2, 0) is 13.1 Å². The van der Waals surface area contributed by atoms with Crippen LogP contribution in [0.5, 0.6) is 0 Å². The Balaban J connectivity index is 2.12. The first-order valence-corrected chi connectivity index (χ1v) is 6.44. The third-order valence-corrected chi connectivity index (χ3v) is 3.64. The molecule has 1 aliphatic heterocycles. The Bertz CT molecular complexity index is 562. The highest BCUT2D eigenvalue weighted by atomic mass is 79.9. The molecule has 0 fully saturated rings. The third-order valence-electron chi connectivity index (χ3n) is 2.99. The molecule has 0 bridgehead atoms. The molecular formula is C12H13BrN4. The van der Waals surface area contributed by atoms with Gasteiger partial charge in [0.05, 0.1) is 6.54 Å². The summed E-state index contributed by atoms with van der Waals surface area (Å²) in [6.07, 6.45) is 0. The number of halogens is 1. The van der Waals surface area contributed by atoms with Gasteiger partial charge in [-0.2, -0.15) is 0 Å². The first-order chi connectivity index (χ1) is 8.25. The van der Waals surface area contributed by atoms with Gasteiger partial charge in [-0.05, 0) is 24.6 Å². The van der Waals surface area contributed by atoms with Gasteiger partial charge in [0.15, 0.2) is 5.82 Å². The zero-order valence-corrected chi connectivity index (χ0v) is 11.2. The average Bonchev–Trinajstić information content (AvgIpc) is 2.73. The van der Waals surface area contributed by atoms with Gasteiger partial charge in [-0.25, -0.2) is 0 Å². The number of aryl methyl sites for hydroxylation is 1. The number of hydrogen-bond donors (Lipinski definition) is 1. The molecule has 1 aromatic carbocycles. The van der Waals surface area contributed by atoms with Crippen LogP contribution in [0.2, 0.25) is 0 Å². The molecule has 17 heavy (non-hydrogen) atoms. The minimum absolute atomic E-state index is 0.802. The highest BCUT2D eigenvalue weighted by Gasteiger charge is 2.17. The zero-order chi connectivity index (χ0) is 11.8. The van der Waals surface area contributed by atoms with Crippen molar-refractivity contribution in [3.05, 3.63) is 34.1 Å². The molecule has 0 radical (unpaired) electrons. The molecule has 4 nitrogen and oxygen atoms in total. The lowest BCUT2D eigenvalue weighted by atomic mass is 10.1. The number of fused-ring (bicyclic) bond motifs is 1. The van der Waals surface area contributed by atoms with Crippen molar-refractivity contribution < 1.29 is 0 Å². The second-order valence-corrected chi connectivity index (χ2v) is 5.11. The van der Waals surface area contributed by atoms with Crippen LogP contribution in [0.25, 0.3) is 11.4 Å². The summed E-state index contributed by atoms with van der Waals surface area (Å²) in [7, 11) is 0. The number of hydrogen-bond acceptors (Lipinski definition) is 3. The molecule has 1 aromatic heterocycles. The number of aromatic nitrogens is 3. The summed E-state index contributed by atoms with van der Waals surface area (Å²) < 4.78 is 3.26. The van der Waals surface area contributed by atoms with Crippen LogP contribution in [-0.4, -0.2) is 21.3 Å². The predicted molar refractivity (Wildman–Crippen MR) is 69.6 cm³/mol. The van der Waals surface area contributed by atoms with Crippen molar-refractivity contribution >= 4 is 15.9 Å². The van der Waals surface area contributed by atoms with E-state index in [-0.39, 0.29) is 0 Å². The molecule has 0 saturated heterocycles. The summed E-state index contributed by atoms with van der Waals surface area (Å²) >= 11 is 3.60. The van der Waals surface area contributed by atoms with E-state index in [1.165, 1.54) is 5.56 Å². The Hall–Kier alpha value is -1.20. The summed E-state index contributed by atoms with van der Waals surface area (Å²) in [4.78, 5) is 0. The van der Waals surface area contributed by atoms with Crippen molar-refractivity contribution in [3.8, 4) is 11.4 Å². The van der Waals surface area contributed by atoms with Crippen molar-refractivity contribution in [2.45, 2.75) is 20.0 Å². The maximum Gasteiger partial charge on any atom is 0.165 e. The monoisotopic (exact) mass is 292 g/mol. The van der Waals surface area contributed by atoms with Gasteiger partial charge in [0, 0.05) is 23.1 Å². The van der Waals surface area contributed by atoms with E-state index in [1.54, 1.807) is 0 Å². The van der Waals surface area contributed by atoms with Gasteiger partial charge in [0.25, 0.3) is 0 Å². The lowest BCUT2D eigenvalue weighted by molar-refractivity contribution is 0.508. The summed E-state index contributed by atoms with van der Waals surface area (Å²) in [5.41, 5.74) is 2.34. The van der Waals surface area contributed by atoms with Crippen molar-refractivity contribution in [1.29, 1.82) is 0 Å². The van der Waals surface area contributed by atoms with E-state index in [4.69, 9.17) is 0 Å². The van der Waals surface area contributed by atoms with E-state index in [9.17, 15) is 0 Å². The van der Waals surface area contributed by atoms with E-state index in [0.29, 0.717) is 0 Å². The van der Waals surface area contributed by atoms with Crippen LogP contribution in [0.1, 0.15) is 11.4 Å². The number of nitrogens with zero attached hydrogens (tertiary/aromatic N) is 3. The molecule has 0 saturated carbocycles. The summed E-state index contributed by atoms with van der Waals surface area (Å²) in [6, 6.07) is 6.31. The number of benzene rings is 1. The van der Waals surface area contributed by atoms with Gasteiger partial charge in [0.1, 0.15) is 5.82 Å². The normalized spacial score (nSPS) is 14.7. The van der Waals surface area contributed by atoms with Crippen molar-refractivity contribution in [2.75, 3.05) is 6.54 Å². The van der Waals surface area contributed by atoms with E-state index in [1.807, 2.05) is 0 Å². The SMILES string of the molecule is Cc1ccc(-c2nnc3n2CCNC3)c(Br)c1. The molecule has 1 aliphatic rings. The zero-order valence-electron chi connectivity index (χ0n) is 9.57. The molecule has 0 aliphatic carbocycles. The average molecular weight is 293 g/mol. The molecule has 0 spiro atoms. The van der Waals surface area contributed by atoms with Gasteiger partial charge < -0.3 is 9.88 Å². The van der Waals surface area contributed by atoms with E-state index in [2.05, 4.69) is 61.1 Å². The summed E-state index contributed by atoms with van der Waals surface area (Å²) in [6.45, 7) is 4.79. The van der Waals surface area contributed by atoms with Crippen LogP contribution in [0.3, 0.4) is 0 Å². The van der Waals surface area contributed by atoms with Crippen LogP contribution < -0.4 is 5.32 Å². The Morgan fingerprint density at radius 1 is 1.35 bits per heavy atom. The lowest BCUT2D eigenvalue weighted by Gasteiger charge is -2.16. The fourth-order valence-electron chi connectivity index (χ4n) is 2.09. The molecule has 88 valence electrons. The van der Waals surface area contributed by atoms with Crippen LogP contribution >= 0.6 is 15.9 Å². The molecule has 5 heteroatoms. The first-order valence-electron chi connectivity index (χ1n) is 5.65. The van der Waals surface area contributed by atoms with Crippen molar-refractivity contribution in [3.63, 3.8) is 0 Å². The van der Waals surface area contributed by atoms with E-state index >= 15 is 0 Å². The first kappa shape index (κ1) is 10.9. The lowest BCUT2D eigenvalue weighted by Crippen LogP contribution is -2.28. The van der Waals surface area contributed by atoms with E-state index in [0.717, 1.165) is 41.3 Å². The molecule has 0 amide bonds. The fourth-order valence-corrected chi connectivity index (χ4v) is 2.76. The Morgan fingerprint density at radius 3 is 3.06 bits per heavy atom. The second kappa shape index (κ2) is 4.23. The molecule has 2 heterocycles. The summed E-state index contributed by atoms with van der Waals surface area (Å²) in [5.74, 6) is 1.96. The minimum Gasteiger partial charge on any atom is -0.309 e. The molecule has 1 N–H and O–H groups in total. The van der Waals surface area contributed by atoms with Crippen LogP contribution in [0.15, 0.2) is 22.7 Å². The molecule has 0 atom stereocenters. The molecular weight excluding hydrogens is 280 g/mol. The molecule has 3 rings (SSSR count). The highest BCUT2D eigenvalue weighted by Crippen LogP contribution is 2.28. The van der Waals surface area contributed by atoms with Crippen LogP contribution in [0.4, 0.5) is 0 Å². The van der Waals surface area contributed by atoms with Gasteiger partial charge in [-0.1, -0.05) is 22.0 Å². The van der Waals surface area contributed by atoms with Gasteiger partial charge in [-0.3, -0.25) is 0 Å². The van der Waals surface area contributed by atoms with Gasteiger partial charge in [0.2, 0.25) is 0 Å². The standard InChI is InChI=1S/C12H13BrN4/c1-8-2-3-9(10(13)6-8)12-16-15-11-7-14-4-5-17(11)12/h2-3,6,14H,4-5,7H2,1H3. The molecule has 0 unspecified atom stereocenters. The second-order valence-electron chi connectivity index (χ2n) is 4.25. The summed E-state index contributed by atoms with van der Waals surface area (Å²) in [5, 5.41) is 11.8. The maximum atomic E-state index is 4.30. The Labute approximate surface area is 108 Å². The van der Waals surface area contributed by atoms with Crippen molar-refractivity contribution in [2.24, 2.45) is 0 Å². The Kier molecular flexibility index (Phi) is 2.72.